The van der Waals surface area contributed by atoms with Crippen molar-refractivity contribution in [1.82, 2.24) is 5.32 Å². The fraction of sp³-hybridized carbons (Fsp3) is 0.500. The van der Waals surface area contributed by atoms with E-state index in [0.717, 1.165) is 31.2 Å². The van der Waals surface area contributed by atoms with Gasteiger partial charge < -0.3 is 10.4 Å². The predicted molar refractivity (Wildman–Crippen MR) is 75.8 cm³/mol. The quantitative estimate of drug-likeness (QED) is 0.877. The van der Waals surface area contributed by atoms with E-state index in [1.807, 2.05) is 12.1 Å². The van der Waals surface area contributed by atoms with Crippen LogP contribution in [0.2, 0.25) is 0 Å². The Balaban J connectivity index is 1.89. The molecule has 0 aliphatic heterocycles. The molecule has 4 heteroatoms. The zero-order valence-corrected chi connectivity index (χ0v) is 11.5. The maximum Gasteiger partial charge on any atom is 0.224 e. The largest absolute Gasteiger partial charge is 0.396 e. The molecule has 2 N–H and O–H groups in total. The van der Waals surface area contributed by atoms with E-state index < -0.39 is 0 Å². The van der Waals surface area contributed by atoms with E-state index in [4.69, 9.17) is 5.26 Å². The molecular weight excluding hydrogens is 252 g/mol. The van der Waals surface area contributed by atoms with Crippen molar-refractivity contribution in [3.05, 3.63) is 35.4 Å². The van der Waals surface area contributed by atoms with Gasteiger partial charge in [0, 0.05) is 18.6 Å². The summed E-state index contributed by atoms with van der Waals surface area (Å²) in [7, 11) is 0. The predicted octanol–water partition coefficient (Wildman–Crippen LogP) is 1.77. The summed E-state index contributed by atoms with van der Waals surface area (Å²) >= 11 is 0. The summed E-state index contributed by atoms with van der Waals surface area (Å²) in [6.45, 7) is 0.141. The number of nitriles is 1. The van der Waals surface area contributed by atoms with Gasteiger partial charge in [0.05, 0.1) is 18.1 Å². The lowest BCUT2D eigenvalue weighted by molar-refractivity contribution is -0.121. The molecule has 2 unspecified atom stereocenters. The fourth-order valence-electron chi connectivity index (χ4n) is 2.76. The van der Waals surface area contributed by atoms with Gasteiger partial charge in [0.1, 0.15) is 0 Å². The van der Waals surface area contributed by atoms with E-state index in [9.17, 15) is 9.90 Å². The van der Waals surface area contributed by atoms with Crippen molar-refractivity contribution in [3.8, 4) is 6.07 Å². The smallest absolute Gasteiger partial charge is 0.224 e. The van der Waals surface area contributed by atoms with Crippen molar-refractivity contribution in [2.24, 2.45) is 5.92 Å². The number of aliphatic hydroxyl groups excluding tert-OH is 1. The molecule has 1 amide bonds. The molecule has 1 aliphatic rings. The first-order valence-electron chi connectivity index (χ1n) is 7.12. The van der Waals surface area contributed by atoms with Crippen LogP contribution < -0.4 is 5.32 Å². The number of aliphatic hydroxyl groups is 1. The molecule has 2 rings (SSSR count). The van der Waals surface area contributed by atoms with Crippen LogP contribution >= 0.6 is 0 Å². The SMILES string of the molecule is N#Cc1ccc(CC(=O)NC2CCCCC2CO)cc1. The first-order chi connectivity index (χ1) is 9.72. The van der Waals surface area contributed by atoms with Crippen LogP contribution in [0.4, 0.5) is 0 Å². The highest BCUT2D eigenvalue weighted by Crippen LogP contribution is 2.24. The second-order valence-electron chi connectivity index (χ2n) is 5.39. The van der Waals surface area contributed by atoms with E-state index in [1.165, 1.54) is 0 Å². The van der Waals surface area contributed by atoms with E-state index in [-0.39, 0.29) is 24.5 Å². The summed E-state index contributed by atoms with van der Waals surface area (Å²) in [5.41, 5.74) is 1.50. The Bertz CT molecular complexity index is 490. The average molecular weight is 272 g/mol. The molecular formula is C16H20N2O2. The summed E-state index contributed by atoms with van der Waals surface area (Å²) in [6, 6.07) is 9.22. The number of nitrogens with one attached hydrogen (secondary N) is 1. The molecule has 0 aromatic heterocycles. The average Bonchev–Trinajstić information content (AvgIpc) is 2.48. The summed E-state index contributed by atoms with van der Waals surface area (Å²) in [5.74, 6) is 0.175. The van der Waals surface area contributed by atoms with Crippen molar-refractivity contribution < 1.29 is 9.90 Å². The Morgan fingerprint density at radius 2 is 2.00 bits per heavy atom. The van der Waals surface area contributed by atoms with Crippen LogP contribution in [0.5, 0.6) is 0 Å². The van der Waals surface area contributed by atoms with Gasteiger partial charge in [-0.1, -0.05) is 25.0 Å². The third-order valence-electron chi connectivity index (χ3n) is 3.94. The van der Waals surface area contributed by atoms with E-state index in [2.05, 4.69) is 11.4 Å². The number of amides is 1. The van der Waals surface area contributed by atoms with Crippen LogP contribution in [0.25, 0.3) is 0 Å². The number of hydrogen-bond donors (Lipinski definition) is 2. The third-order valence-corrected chi connectivity index (χ3v) is 3.94. The van der Waals surface area contributed by atoms with Crippen LogP contribution in [0.3, 0.4) is 0 Å². The van der Waals surface area contributed by atoms with Gasteiger partial charge in [-0.3, -0.25) is 4.79 Å². The van der Waals surface area contributed by atoms with E-state index >= 15 is 0 Å². The number of hydrogen-bond acceptors (Lipinski definition) is 3. The molecule has 1 aromatic rings. The lowest BCUT2D eigenvalue weighted by atomic mass is 9.85. The highest BCUT2D eigenvalue weighted by Gasteiger charge is 2.25. The minimum Gasteiger partial charge on any atom is -0.396 e. The van der Waals surface area contributed by atoms with Crippen LogP contribution in [0.1, 0.15) is 36.8 Å². The Hall–Kier alpha value is -1.86. The Morgan fingerprint density at radius 3 is 2.65 bits per heavy atom. The standard InChI is InChI=1S/C16H20N2O2/c17-10-13-7-5-12(6-8-13)9-16(20)18-15-4-2-1-3-14(15)11-19/h5-8,14-15,19H,1-4,9,11H2,(H,18,20). The van der Waals surface area contributed by atoms with Crippen molar-refractivity contribution in [3.63, 3.8) is 0 Å². The first kappa shape index (κ1) is 14.5. The zero-order chi connectivity index (χ0) is 14.4. The van der Waals surface area contributed by atoms with E-state index in [0.29, 0.717) is 12.0 Å². The number of carbonyl (C=O) groups is 1. The van der Waals surface area contributed by atoms with Crippen molar-refractivity contribution in [2.45, 2.75) is 38.1 Å². The maximum atomic E-state index is 12.0. The van der Waals surface area contributed by atoms with Gasteiger partial charge in [-0.2, -0.15) is 5.26 Å². The molecule has 0 saturated heterocycles. The maximum absolute atomic E-state index is 12.0. The molecule has 106 valence electrons. The third kappa shape index (κ3) is 3.82. The highest BCUT2D eigenvalue weighted by molar-refractivity contribution is 5.78. The molecule has 0 spiro atoms. The molecule has 1 aliphatic carbocycles. The minimum atomic E-state index is -0.0138. The molecule has 2 atom stereocenters. The number of benzene rings is 1. The van der Waals surface area contributed by atoms with Crippen molar-refractivity contribution in [2.75, 3.05) is 6.61 Å². The van der Waals surface area contributed by atoms with Gasteiger partial charge in [-0.05, 0) is 30.5 Å². The number of carbonyl (C=O) groups excluding carboxylic acids is 1. The van der Waals surface area contributed by atoms with Crippen LogP contribution in [-0.4, -0.2) is 23.7 Å². The van der Waals surface area contributed by atoms with Crippen LogP contribution in [0.15, 0.2) is 24.3 Å². The van der Waals surface area contributed by atoms with Gasteiger partial charge in [0.15, 0.2) is 0 Å². The zero-order valence-electron chi connectivity index (χ0n) is 11.5. The molecule has 0 radical (unpaired) electrons. The number of rotatable bonds is 4. The van der Waals surface area contributed by atoms with Crippen molar-refractivity contribution >= 4 is 5.91 Å². The van der Waals surface area contributed by atoms with Gasteiger partial charge >= 0.3 is 0 Å². The monoisotopic (exact) mass is 272 g/mol. The number of nitrogens with zero attached hydrogens (tertiary/aromatic N) is 1. The fourth-order valence-corrected chi connectivity index (χ4v) is 2.76. The lowest BCUT2D eigenvalue weighted by Gasteiger charge is -2.30. The second kappa shape index (κ2) is 7.06. The van der Waals surface area contributed by atoms with Gasteiger partial charge in [-0.25, -0.2) is 0 Å². The summed E-state index contributed by atoms with van der Waals surface area (Å²) < 4.78 is 0. The minimum absolute atomic E-state index is 0.0138. The highest BCUT2D eigenvalue weighted by atomic mass is 16.3. The van der Waals surface area contributed by atoms with Gasteiger partial charge in [0.25, 0.3) is 0 Å². The second-order valence-corrected chi connectivity index (χ2v) is 5.39. The van der Waals surface area contributed by atoms with Crippen LogP contribution in [0, 0.1) is 17.2 Å². The first-order valence-corrected chi connectivity index (χ1v) is 7.12. The van der Waals surface area contributed by atoms with Crippen LogP contribution in [-0.2, 0) is 11.2 Å². The molecule has 4 nitrogen and oxygen atoms in total. The Labute approximate surface area is 119 Å². The molecule has 0 bridgehead atoms. The molecule has 0 heterocycles. The summed E-state index contributed by atoms with van der Waals surface area (Å²) in [5, 5.41) is 21.1. The Kier molecular flexibility index (Phi) is 5.14. The van der Waals surface area contributed by atoms with Gasteiger partial charge in [0.2, 0.25) is 5.91 Å². The summed E-state index contributed by atoms with van der Waals surface area (Å²) in [6.07, 6.45) is 4.49. The molecule has 1 saturated carbocycles. The molecule has 20 heavy (non-hydrogen) atoms. The topological polar surface area (TPSA) is 73.1 Å². The summed E-state index contributed by atoms with van der Waals surface area (Å²) in [4.78, 5) is 12.0. The molecule has 1 fully saturated rings. The molecule has 1 aromatic carbocycles. The normalized spacial score (nSPS) is 22.0. The van der Waals surface area contributed by atoms with Gasteiger partial charge in [-0.15, -0.1) is 0 Å². The van der Waals surface area contributed by atoms with Crippen molar-refractivity contribution in [1.29, 1.82) is 5.26 Å². The Morgan fingerprint density at radius 1 is 1.30 bits per heavy atom. The lowest BCUT2D eigenvalue weighted by Crippen LogP contribution is -2.44. The van der Waals surface area contributed by atoms with E-state index in [1.54, 1.807) is 12.1 Å².